The number of amides is 1. The summed E-state index contributed by atoms with van der Waals surface area (Å²) >= 11 is 0. The van der Waals surface area contributed by atoms with E-state index in [1.807, 2.05) is 0 Å². The molecule has 0 heterocycles. The van der Waals surface area contributed by atoms with E-state index in [0.29, 0.717) is 13.0 Å². The molecule has 0 bridgehead atoms. The Kier molecular flexibility index (Phi) is 24.5. The van der Waals surface area contributed by atoms with Crippen LogP contribution in [0, 0.1) is 0 Å². The number of nitrogens with zero attached hydrogens (tertiary/aromatic N) is 1. The van der Waals surface area contributed by atoms with E-state index in [4.69, 9.17) is 5.11 Å². The molecule has 0 spiro atoms. The monoisotopic (exact) mass is 411 g/mol. The molecule has 0 radical (unpaired) electrons. The van der Waals surface area contributed by atoms with Crippen molar-refractivity contribution in [1.82, 2.24) is 4.90 Å². The molecule has 0 unspecified atom stereocenters. The van der Waals surface area contributed by atoms with E-state index in [1.165, 1.54) is 88.4 Å². The van der Waals surface area contributed by atoms with Crippen LogP contribution in [0.2, 0.25) is 0 Å². The molecule has 0 atom stereocenters. The van der Waals surface area contributed by atoms with Gasteiger partial charge in [0, 0.05) is 20.0 Å². The minimum atomic E-state index is -0.850. The number of carboxylic acids is 1. The van der Waals surface area contributed by atoms with E-state index in [0.717, 1.165) is 12.8 Å². The predicted octanol–water partition coefficient (Wildman–Crippen LogP) is 5.26. The summed E-state index contributed by atoms with van der Waals surface area (Å²) in [5, 5.41) is 8.62. The number of carboxylic acid groups (broad SMARTS) is 1. The minimum absolute atomic E-state index is 0. The zero-order valence-electron chi connectivity index (χ0n) is 17.4. The molecule has 1 amide bonds. The maximum atomic E-state index is 11.8. The molecule has 0 aromatic heterocycles. The second-order valence-electron chi connectivity index (χ2n) is 7.66. The zero-order chi connectivity index (χ0) is 19.5. The van der Waals surface area contributed by atoms with Gasteiger partial charge in [-0.2, -0.15) is 0 Å². The number of hydrogen-bond acceptors (Lipinski definition) is 2. The predicted molar refractivity (Wildman–Crippen MR) is 118 cm³/mol. The van der Waals surface area contributed by atoms with Gasteiger partial charge in [0.05, 0.1) is 6.42 Å². The summed E-state index contributed by atoms with van der Waals surface area (Å²) in [5.41, 5.74) is 0. The van der Waals surface area contributed by atoms with Crippen LogP contribution in [-0.2, 0) is 9.59 Å². The van der Waals surface area contributed by atoms with Crippen LogP contribution in [0.15, 0.2) is 0 Å². The molecule has 0 aromatic rings. The fourth-order valence-corrected chi connectivity index (χ4v) is 3.23. The average Bonchev–Trinajstić information content (AvgIpc) is 2.62. The first-order chi connectivity index (χ1) is 12.6. The van der Waals surface area contributed by atoms with Gasteiger partial charge in [0.1, 0.15) is 0 Å². The van der Waals surface area contributed by atoms with Crippen LogP contribution in [0.1, 0.15) is 116 Å². The normalized spacial score (nSPS) is 10.4. The Balaban J connectivity index is 0. The molecular weight excluding hydrogens is 366 g/mol. The van der Waals surface area contributed by atoms with Gasteiger partial charge >= 0.3 is 43.7 Å². The molecule has 0 aliphatic carbocycles. The SMILES string of the molecule is CCCCCCCCCCCCCCCCCC(=O)N(C)CCC(=O)O.[CaH2]. The van der Waals surface area contributed by atoms with Crippen molar-refractivity contribution in [3.63, 3.8) is 0 Å². The van der Waals surface area contributed by atoms with E-state index in [1.54, 1.807) is 7.05 Å². The van der Waals surface area contributed by atoms with Gasteiger partial charge in [0.2, 0.25) is 5.91 Å². The van der Waals surface area contributed by atoms with Crippen LogP contribution >= 0.6 is 0 Å². The van der Waals surface area contributed by atoms with Crippen LogP contribution in [0.4, 0.5) is 0 Å². The third-order valence-electron chi connectivity index (χ3n) is 5.08. The number of rotatable bonds is 19. The molecule has 27 heavy (non-hydrogen) atoms. The number of aliphatic carboxylic acids is 1. The molecule has 0 fully saturated rings. The molecule has 158 valence electrons. The molecule has 0 aromatic carbocycles. The number of hydrogen-bond donors (Lipinski definition) is 1. The van der Waals surface area contributed by atoms with Gasteiger partial charge in [-0.3, -0.25) is 9.59 Å². The summed E-state index contributed by atoms with van der Waals surface area (Å²) in [6.07, 6.45) is 20.4. The molecule has 1 N–H and O–H groups in total. The Bertz CT molecular complexity index is 350. The molecule has 0 saturated carbocycles. The molecule has 0 saturated heterocycles. The Morgan fingerprint density at radius 2 is 1.04 bits per heavy atom. The average molecular weight is 412 g/mol. The summed E-state index contributed by atoms with van der Waals surface area (Å²) < 4.78 is 0. The molecule has 0 rings (SSSR count). The van der Waals surface area contributed by atoms with E-state index < -0.39 is 5.97 Å². The van der Waals surface area contributed by atoms with E-state index in [-0.39, 0.29) is 50.1 Å². The Morgan fingerprint density at radius 3 is 1.41 bits per heavy atom. The standard InChI is InChI=1S/C22H43NO3.Ca.2H/c1-3-4-5-6-7-8-9-10-11-12-13-14-15-16-17-18-21(24)23(2)20-19-22(25)26;;;/h3-20H2,1-2H3,(H,25,26);;;. The van der Waals surface area contributed by atoms with Crippen LogP contribution in [-0.4, -0.2) is 73.2 Å². The molecule has 0 aliphatic rings. The van der Waals surface area contributed by atoms with Crippen LogP contribution in [0.5, 0.6) is 0 Å². The fraction of sp³-hybridized carbons (Fsp3) is 0.909. The molecule has 5 heteroatoms. The molecule has 4 nitrogen and oxygen atoms in total. The number of unbranched alkanes of at least 4 members (excludes halogenated alkanes) is 14. The third-order valence-corrected chi connectivity index (χ3v) is 5.08. The second-order valence-corrected chi connectivity index (χ2v) is 7.66. The van der Waals surface area contributed by atoms with E-state index >= 15 is 0 Å². The zero-order valence-corrected chi connectivity index (χ0v) is 17.4. The summed E-state index contributed by atoms with van der Waals surface area (Å²) in [6, 6.07) is 0. The van der Waals surface area contributed by atoms with Crippen LogP contribution < -0.4 is 0 Å². The number of carbonyl (C=O) groups excluding carboxylic acids is 1. The van der Waals surface area contributed by atoms with Gasteiger partial charge in [-0.25, -0.2) is 0 Å². The van der Waals surface area contributed by atoms with Crippen molar-refractivity contribution >= 4 is 49.6 Å². The van der Waals surface area contributed by atoms with Crippen molar-refractivity contribution in [3.05, 3.63) is 0 Å². The van der Waals surface area contributed by atoms with Crippen molar-refractivity contribution in [2.75, 3.05) is 13.6 Å². The fourth-order valence-electron chi connectivity index (χ4n) is 3.23. The van der Waals surface area contributed by atoms with Gasteiger partial charge < -0.3 is 10.0 Å². The van der Waals surface area contributed by atoms with Gasteiger partial charge in [-0.05, 0) is 6.42 Å². The molecular formula is C22H45CaNO3. The second kappa shape index (κ2) is 22.5. The quantitative estimate of drug-likeness (QED) is 0.233. The Labute approximate surface area is 197 Å². The van der Waals surface area contributed by atoms with E-state index in [9.17, 15) is 9.59 Å². The summed E-state index contributed by atoms with van der Waals surface area (Å²) in [5.74, 6) is -0.780. The Morgan fingerprint density at radius 1 is 0.667 bits per heavy atom. The first-order valence-electron chi connectivity index (χ1n) is 11.0. The van der Waals surface area contributed by atoms with Crippen molar-refractivity contribution < 1.29 is 14.7 Å². The van der Waals surface area contributed by atoms with Crippen molar-refractivity contribution in [2.24, 2.45) is 0 Å². The summed E-state index contributed by atoms with van der Waals surface area (Å²) in [4.78, 5) is 23.9. The molecule has 0 aliphatic heterocycles. The topological polar surface area (TPSA) is 57.6 Å². The van der Waals surface area contributed by atoms with Crippen molar-refractivity contribution in [2.45, 2.75) is 116 Å². The van der Waals surface area contributed by atoms with Crippen LogP contribution in [0.25, 0.3) is 0 Å². The van der Waals surface area contributed by atoms with Crippen LogP contribution in [0.3, 0.4) is 0 Å². The first-order valence-corrected chi connectivity index (χ1v) is 11.0. The summed E-state index contributed by atoms with van der Waals surface area (Å²) in [6.45, 7) is 2.58. The van der Waals surface area contributed by atoms with Gasteiger partial charge in [-0.15, -0.1) is 0 Å². The van der Waals surface area contributed by atoms with Gasteiger partial charge in [0.15, 0.2) is 0 Å². The maximum absolute atomic E-state index is 11.8. The Hall–Kier alpha value is 0.200. The van der Waals surface area contributed by atoms with Gasteiger partial charge in [0.25, 0.3) is 0 Å². The first kappa shape index (κ1) is 29.4. The van der Waals surface area contributed by atoms with Crippen molar-refractivity contribution in [3.8, 4) is 0 Å². The summed E-state index contributed by atoms with van der Waals surface area (Å²) in [7, 11) is 1.69. The van der Waals surface area contributed by atoms with E-state index in [2.05, 4.69) is 6.92 Å². The van der Waals surface area contributed by atoms with Crippen molar-refractivity contribution in [1.29, 1.82) is 0 Å². The van der Waals surface area contributed by atoms with Gasteiger partial charge in [-0.1, -0.05) is 96.8 Å². The number of carbonyl (C=O) groups is 2. The third kappa shape index (κ3) is 22.4.